The van der Waals surface area contributed by atoms with Gasteiger partial charge in [0, 0.05) is 10.8 Å². The summed E-state index contributed by atoms with van der Waals surface area (Å²) in [4.78, 5) is 0. The van der Waals surface area contributed by atoms with Crippen LogP contribution in [0.4, 0.5) is 0 Å². The molecule has 2 rings (SSSR count). The Morgan fingerprint density at radius 1 is 1.25 bits per heavy atom. The van der Waals surface area contributed by atoms with E-state index in [0.717, 1.165) is 35.1 Å². The summed E-state index contributed by atoms with van der Waals surface area (Å²) in [6.07, 6.45) is 5.06. The Labute approximate surface area is 95.5 Å². The van der Waals surface area contributed by atoms with Gasteiger partial charge >= 0.3 is 0 Å². The van der Waals surface area contributed by atoms with Crippen LogP contribution in [0.3, 0.4) is 0 Å². The van der Waals surface area contributed by atoms with E-state index in [0.29, 0.717) is 0 Å². The molecule has 0 atom stereocenters. The van der Waals surface area contributed by atoms with E-state index in [2.05, 4.69) is 23.2 Å². The summed E-state index contributed by atoms with van der Waals surface area (Å²) < 4.78 is 5.32. The molecule has 0 amide bonds. The maximum atomic E-state index is 5.32. The number of ether oxygens (including phenoxy) is 1. The normalized spacial score (nSPS) is 10.6. The molecule has 84 valence electrons. The molecular weight excluding hydrogens is 200 g/mol. The lowest BCUT2D eigenvalue weighted by molar-refractivity contribution is 0.419. The Kier molecular flexibility index (Phi) is 3.34. The number of methoxy groups -OCH3 is 1. The van der Waals surface area contributed by atoms with Gasteiger partial charge in [0.1, 0.15) is 5.75 Å². The topological polar surface area (TPSA) is 35.0 Å². The molecule has 0 bridgehead atoms. The number of hydrogen-bond acceptors (Lipinski definition) is 3. The average molecular weight is 216 g/mol. The van der Waals surface area contributed by atoms with E-state index in [9.17, 15) is 0 Å². The molecule has 16 heavy (non-hydrogen) atoms. The first-order valence-corrected chi connectivity index (χ1v) is 5.64. The van der Waals surface area contributed by atoms with E-state index in [1.165, 1.54) is 6.42 Å². The molecule has 0 aliphatic rings. The third-order valence-corrected chi connectivity index (χ3v) is 2.73. The zero-order valence-corrected chi connectivity index (χ0v) is 9.73. The van der Waals surface area contributed by atoms with Crippen molar-refractivity contribution in [2.24, 2.45) is 0 Å². The van der Waals surface area contributed by atoms with Gasteiger partial charge in [-0.1, -0.05) is 25.5 Å². The SMILES string of the molecule is CCCCc1nncc2c(OC)cccc12. The molecule has 1 aromatic carbocycles. The smallest absolute Gasteiger partial charge is 0.128 e. The van der Waals surface area contributed by atoms with Crippen LogP contribution in [0.2, 0.25) is 0 Å². The van der Waals surface area contributed by atoms with Gasteiger partial charge in [-0.05, 0) is 18.9 Å². The highest BCUT2D eigenvalue weighted by molar-refractivity contribution is 5.89. The highest BCUT2D eigenvalue weighted by atomic mass is 16.5. The molecule has 2 aromatic rings. The van der Waals surface area contributed by atoms with E-state index < -0.39 is 0 Å². The highest BCUT2D eigenvalue weighted by Crippen LogP contribution is 2.26. The van der Waals surface area contributed by atoms with Crippen LogP contribution in [-0.4, -0.2) is 17.3 Å². The third-order valence-electron chi connectivity index (χ3n) is 2.73. The van der Waals surface area contributed by atoms with Crippen LogP contribution in [-0.2, 0) is 6.42 Å². The third kappa shape index (κ3) is 1.98. The van der Waals surface area contributed by atoms with Crippen LogP contribution in [0.15, 0.2) is 24.4 Å². The summed E-state index contributed by atoms with van der Waals surface area (Å²) >= 11 is 0. The number of hydrogen-bond donors (Lipinski definition) is 0. The molecule has 0 N–H and O–H groups in total. The second kappa shape index (κ2) is 4.92. The number of rotatable bonds is 4. The van der Waals surface area contributed by atoms with Gasteiger partial charge in [0.25, 0.3) is 0 Å². The minimum absolute atomic E-state index is 0.866. The molecular formula is C13H16N2O. The number of unbranched alkanes of at least 4 members (excludes halogenated alkanes) is 1. The Morgan fingerprint density at radius 3 is 2.88 bits per heavy atom. The highest BCUT2D eigenvalue weighted by Gasteiger charge is 2.06. The Morgan fingerprint density at radius 2 is 2.12 bits per heavy atom. The fraction of sp³-hybridized carbons (Fsp3) is 0.385. The first-order valence-electron chi connectivity index (χ1n) is 5.64. The van der Waals surface area contributed by atoms with Crippen molar-refractivity contribution in [1.29, 1.82) is 0 Å². The summed E-state index contributed by atoms with van der Waals surface area (Å²) in [5.41, 5.74) is 1.07. The Bertz CT molecular complexity index is 482. The van der Waals surface area contributed by atoms with Crippen LogP contribution in [0.1, 0.15) is 25.5 Å². The standard InChI is InChI=1S/C13H16N2O/c1-3-4-7-12-10-6-5-8-13(16-2)11(10)9-14-15-12/h5-6,8-9H,3-4,7H2,1-2H3. The minimum Gasteiger partial charge on any atom is -0.496 e. The number of aromatic nitrogens is 2. The quantitative estimate of drug-likeness (QED) is 0.788. The van der Waals surface area contributed by atoms with Gasteiger partial charge in [0.05, 0.1) is 19.0 Å². The average Bonchev–Trinajstić information content (AvgIpc) is 2.35. The molecule has 0 spiro atoms. The zero-order valence-electron chi connectivity index (χ0n) is 9.73. The van der Waals surface area contributed by atoms with Crippen molar-refractivity contribution in [1.82, 2.24) is 10.2 Å². The minimum atomic E-state index is 0.866. The Balaban J connectivity index is 2.51. The predicted molar refractivity (Wildman–Crippen MR) is 64.7 cm³/mol. The van der Waals surface area contributed by atoms with E-state index in [1.54, 1.807) is 13.3 Å². The van der Waals surface area contributed by atoms with E-state index in [4.69, 9.17) is 4.74 Å². The lowest BCUT2D eigenvalue weighted by Crippen LogP contribution is -1.96. The van der Waals surface area contributed by atoms with E-state index in [-0.39, 0.29) is 0 Å². The lowest BCUT2D eigenvalue weighted by Gasteiger charge is -2.07. The summed E-state index contributed by atoms with van der Waals surface area (Å²) in [6, 6.07) is 6.03. The number of fused-ring (bicyclic) bond motifs is 1. The largest absolute Gasteiger partial charge is 0.496 e. The molecule has 0 unspecified atom stereocenters. The molecule has 3 nitrogen and oxygen atoms in total. The summed E-state index contributed by atoms with van der Waals surface area (Å²) in [7, 11) is 1.68. The fourth-order valence-corrected chi connectivity index (χ4v) is 1.85. The molecule has 1 heterocycles. The number of benzene rings is 1. The van der Waals surface area contributed by atoms with Crippen LogP contribution in [0.5, 0.6) is 5.75 Å². The van der Waals surface area contributed by atoms with Crippen molar-refractivity contribution in [3.8, 4) is 5.75 Å². The molecule has 0 radical (unpaired) electrons. The summed E-state index contributed by atoms with van der Waals surface area (Å²) in [5.74, 6) is 0.866. The van der Waals surface area contributed by atoms with E-state index in [1.807, 2.05) is 12.1 Å². The van der Waals surface area contributed by atoms with Crippen molar-refractivity contribution >= 4 is 10.8 Å². The van der Waals surface area contributed by atoms with Crippen molar-refractivity contribution in [3.63, 3.8) is 0 Å². The molecule has 0 aliphatic carbocycles. The van der Waals surface area contributed by atoms with Gasteiger partial charge in [-0.15, -0.1) is 0 Å². The first kappa shape index (κ1) is 10.9. The molecule has 0 fully saturated rings. The van der Waals surface area contributed by atoms with Crippen molar-refractivity contribution in [2.75, 3.05) is 7.11 Å². The molecule has 0 aliphatic heterocycles. The maximum absolute atomic E-state index is 5.32. The van der Waals surface area contributed by atoms with Crippen LogP contribution >= 0.6 is 0 Å². The molecule has 0 saturated carbocycles. The fourth-order valence-electron chi connectivity index (χ4n) is 1.85. The molecule has 0 saturated heterocycles. The van der Waals surface area contributed by atoms with Crippen LogP contribution in [0, 0.1) is 0 Å². The lowest BCUT2D eigenvalue weighted by atomic mass is 10.1. The van der Waals surface area contributed by atoms with Crippen molar-refractivity contribution in [2.45, 2.75) is 26.2 Å². The zero-order chi connectivity index (χ0) is 11.4. The number of nitrogens with zero attached hydrogens (tertiary/aromatic N) is 2. The van der Waals surface area contributed by atoms with Gasteiger partial charge in [-0.3, -0.25) is 0 Å². The molecule has 1 aromatic heterocycles. The van der Waals surface area contributed by atoms with Crippen LogP contribution < -0.4 is 4.74 Å². The molecule has 3 heteroatoms. The second-order valence-corrected chi connectivity index (χ2v) is 3.82. The van der Waals surface area contributed by atoms with Gasteiger partial charge in [0.2, 0.25) is 0 Å². The summed E-state index contributed by atoms with van der Waals surface area (Å²) in [5, 5.41) is 10.5. The van der Waals surface area contributed by atoms with Gasteiger partial charge in [-0.2, -0.15) is 10.2 Å². The van der Waals surface area contributed by atoms with E-state index >= 15 is 0 Å². The maximum Gasteiger partial charge on any atom is 0.128 e. The van der Waals surface area contributed by atoms with Gasteiger partial charge in [-0.25, -0.2) is 0 Å². The van der Waals surface area contributed by atoms with Crippen LogP contribution in [0.25, 0.3) is 10.8 Å². The van der Waals surface area contributed by atoms with Crippen molar-refractivity contribution < 1.29 is 4.74 Å². The number of aryl methyl sites for hydroxylation is 1. The van der Waals surface area contributed by atoms with Gasteiger partial charge < -0.3 is 4.74 Å². The first-order chi connectivity index (χ1) is 7.86. The second-order valence-electron chi connectivity index (χ2n) is 3.82. The predicted octanol–water partition coefficient (Wildman–Crippen LogP) is 2.98. The monoisotopic (exact) mass is 216 g/mol. The van der Waals surface area contributed by atoms with Crippen molar-refractivity contribution in [3.05, 3.63) is 30.1 Å². The van der Waals surface area contributed by atoms with Gasteiger partial charge in [0.15, 0.2) is 0 Å². The summed E-state index contributed by atoms with van der Waals surface area (Å²) in [6.45, 7) is 2.18. The Hall–Kier alpha value is -1.64.